The summed E-state index contributed by atoms with van der Waals surface area (Å²) in [6.07, 6.45) is 1.21. The summed E-state index contributed by atoms with van der Waals surface area (Å²) < 4.78 is 4.94. The van der Waals surface area contributed by atoms with Gasteiger partial charge in [0.1, 0.15) is 11.8 Å². The maximum atomic E-state index is 11.4. The molecule has 0 saturated heterocycles. The third-order valence-corrected chi connectivity index (χ3v) is 2.14. The summed E-state index contributed by atoms with van der Waals surface area (Å²) in [6.45, 7) is 2.33. The fourth-order valence-electron chi connectivity index (χ4n) is 1.28. The number of benzene rings is 1. The second kappa shape index (κ2) is 6.12. The van der Waals surface area contributed by atoms with E-state index in [0.29, 0.717) is 13.0 Å². The van der Waals surface area contributed by atoms with Crippen molar-refractivity contribution >= 4 is 5.97 Å². The van der Waals surface area contributed by atoms with Crippen molar-refractivity contribution in [2.45, 2.75) is 25.8 Å². The average Bonchev–Trinajstić information content (AvgIpc) is 2.29. The first-order chi connectivity index (χ1) is 7.63. The Labute approximate surface area is 95.0 Å². The number of phenols is 1. The minimum Gasteiger partial charge on any atom is -0.508 e. The van der Waals surface area contributed by atoms with Crippen LogP contribution in [0, 0.1) is 0 Å². The van der Waals surface area contributed by atoms with Gasteiger partial charge in [-0.15, -0.1) is 0 Å². The van der Waals surface area contributed by atoms with Crippen LogP contribution in [0.25, 0.3) is 0 Å². The predicted octanol–water partition coefficient (Wildman–Crippen LogP) is 1.22. The number of nitrogens with two attached hydrogens (primary N) is 1. The number of aromatic hydroxyl groups is 1. The van der Waals surface area contributed by atoms with Crippen molar-refractivity contribution in [2.24, 2.45) is 5.73 Å². The molecule has 4 heteroatoms. The standard InChI is InChI=1S/C12H17NO3/c1-2-7-16-12(15)11(13)8-9-3-5-10(14)6-4-9/h3-6,11,14H,2,7-8,13H2,1H3/t11-/m1/s1. The molecule has 0 aromatic heterocycles. The monoisotopic (exact) mass is 223 g/mol. The van der Waals surface area contributed by atoms with Gasteiger partial charge < -0.3 is 15.6 Å². The maximum Gasteiger partial charge on any atom is 0.323 e. The third-order valence-electron chi connectivity index (χ3n) is 2.14. The SMILES string of the molecule is CCCOC(=O)[C@H](N)Cc1ccc(O)cc1. The van der Waals surface area contributed by atoms with Crippen LogP contribution in [0.5, 0.6) is 5.75 Å². The van der Waals surface area contributed by atoms with E-state index >= 15 is 0 Å². The lowest BCUT2D eigenvalue weighted by atomic mass is 10.1. The molecule has 1 aromatic rings. The van der Waals surface area contributed by atoms with Gasteiger partial charge >= 0.3 is 5.97 Å². The summed E-state index contributed by atoms with van der Waals surface area (Å²) in [5.41, 5.74) is 6.59. The van der Waals surface area contributed by atoms with Crippen LogP contribution in [0.1, 0.15) is 18.9 Å². The summed E-state index contributed by atoms with van der Waals surface area (Å²) in [5.74, 6) is -0.180. The van der Waals surface area contributed by atoms with Gasteiger partial charge in [0, 0.05) is 0 Å². The molecule has 0 unspecified atom stereocenters. The molecule has 0 aliphatic rings. The number of carbonyl (C=O) groups excluding carboxylic acids is 1. The number of ether oxygens (including phenoxy) is 1. The van der Waals surface area contributed by atoms with Gasteiger partial charge in [0.05, 0.1) is 6.61 Å². The maximum absolute atomic E-state index is 11.4. The molecule has 1 aromatic carbocycles. The molecule has 0 fully saturated rings. The Morgan fingerprint density at radius 1 is 1.44 bits per heavy atom. The van der Waals surface area contributed by atoms with E-state index in [0.717, 1.165) is 12.0 Å². The zero-order chi connectivity index (χ0) is 12.0. The van der Waals surface area contributed by atoms with Crippen molar-refractivity contribution in [3.8, 4) is 5.75 Å². The van der Waals surface area contributed by atoms with E-state index in [2.05, 4.69) is 0 Å². The molecule has 0 aliphatic heterocycles. The molecule has 16 heavy (non-hydrogen) atoms. The fourth-order valence-corrected chi connectivity index (χ4v) is 1.28. The highest BCUT2D eigenvalue weighted by Gasteiger charge is 2.15. The van der Waals surface area contributed by atoms with Crippen molar-refractivity contribution in [3.05, 3.63) is 29.8 Å². The summed E-state index contributed by atoms with van der Waals surface area (Å²) in [6, 6.07) is 5.97. The molecule has 0 heterocycles. The molecule has 0 radical (unpaired) electrons. The van der Waals surface area contributed by atoms with Gasteiger partial charge in [-0.05, 0) is 30.5 Å². The largest absolute Gasteiger partial charge is 0.508 e. The van der Waals surface area contributed by atoms with Gasteiger partial charge in [-0.2, -0.15) is 0 Å². The Hall–Kier alpha value is -1.55. The quantitative estimate of drug-likeness (QED) is 0.736. The van der Waals surface area contributed by atoms with Crippen molar-refractivity contribution < 1.29 is 14.6 Å². The van der Waals surface area contributed by atoms with Crippen molar-refractivity contribution in [1.82, 2.24) is 0 Å². The normalized spacial score (nSPS) is 12.1. The molecule has 1 atom stereocenters. The molecule has 4 nitrogen and oxygen atoms in total. The van der Waals surface area contributed by atoms with Gasteiger partial charge in [-0.1, -0.05) is 19.1 Å². The first kappa shape index (κ1) is 12.5. The second-order valence-corrected chi connectivity index (χ2v) is 3.64. The molecular formula is C12H17NO3. The molecule has 0 bridgehead atoms. The van der Waals surface area contributed by atoms with Crippen LogP contribution in [0.15, 0.2) is 24.3 Å². The van der Waals surface area contributed by atoms with Gasteiger partial charge in [-0.25, -0.2) is 0 Å². The Kier molecular flexibility index (Phi) is 4.79. The number of rotatable bonds is 5. The Morgan fingerprint density at radius 2 is 2.06 bits per heavy atom. The highest BCUT2D eigenvalue weighted by atomic mass is 16.5. The molecule has 0 saturated carbocycles. The topological polar surface area (TPSA) is 72.5 Å². The van der Waals surface area contributed by atoms with Crippen LogP contribution < -0.4 is 5.73 Å². The van der Waals surface area contributed by atoms with E-state index in [4.69, 9.17) is 15.6 Å². The molecule has 3 N–H and O–H groups in total. The minimum atomic E-state index is -0.643. The van der Waals surface area contributed by atoms with Gasteiger partial charge in [0.15, 0.2) is 0 Å². The van der Waals surface area contributed by atoms with E-state index in [-0.39, 0.29) is 11.7 Å². The lowest BCUT2D eigenvalue weighted by Crippen LogP contribution is -2.34. The van der Waals surface area contributed by atoms with Crippen LogP contribution >= 0.6 is 0 Å². The van der Waals surface area contributed by atoms with E-state index in [9.17, 15) is 4.79 Å². The number of carbonyl (C=O) groups is 1. The lowest BCUT2D eigenvalue weighted by molar-refractivity contribution is -0.145. The lowest BCUT2D eigenvalue weighted by Gasteiger charge is -2.10. The van der Waals surface area contributed by atoms with E-state index in [1.165, 1.54) is 0 Å². The zero-order valence-electron chi connectivity index (χ0n) is 9.35. The highest BCUT2D eigenvalue weighted by Crippen LogP contribution is 2.11. The van der Waals surface area contributed by atoms with E-state index in [1.54, 1.807) is 24.3 Å². The van der Waals surface area contributed by atoms with Crippen LogP contribution in [0.4, 0.5) is 0 Å². The van der Waals surface area contributed by atoms with Crippen molar-refractivity contribution in [2.75, 3.05) is 6.61 Å². The Morgan fingerprint density at radius 3 is 2.62 bits per heavy atom. The summed E-state index contributed by atoms with van der Waals surface area (Å²) in [7, 11) is 0. The van der Waals surface area contributed by atoms with E-state index in [1.807, 2.05) is 6.92 Å². The first-order valence-electron chi connectivity index (χ1n) is 5.33. The van der Waals surface area contributed by atoms with E-state index < -0.39 is 6.04 Å². The molecule has 0 amide bonds. The third kappa shape index (κ3) is 3.90. The molecule has 0 aliphatic carbocycles. The second-order valence-electron chi connectivity index (χ2n) is 3.64. The smallest absolute Gasteiger partial charge is 0.323 e. The van der Waals surface area contributed by atoms with Crippen LogP contribution in [0.2, 0.25) is 0 Å². The summed E-state index contributed by atoms with van der Waals surface area (Å²) in [5, 5.41) is 9.09. The predicted molar refractivity (Wildman–Crippen MR) is 61.0 cm³/mol. The highest BCUT2D eigenvalue weighted by molar-refractivity contribution is 5.75. The van der Waals surface area contributed by atoms with Gasteiger partial charge in [-0.3, -0.25) is 4.79 Å². The van der Waals surface area contributed by atoms with Crippen LogP contribution in [-0.2, 0) is 16.0 Å². The fraction of sp³-hybridized carbons (Fsp3) is 0.417. The van der Waals surface area contributed by atoms with Gasteiger partial charge in [0.25, 0.3) is 0 Å². The molecule has 88 valence electrons. The van der Waals surface area contributed by atoms with Crippen LogP contribution in [-0.4, -0.2) is 23.7 Å². The molecular weight excluding hydrogens is 206 g/mol. The number of hydrogen-bond donors (Lipinski definition) is 2. The zero-order valence-corrected chi connectivity index (χ0v) is 9.35. The van der Waals surface area contributed by atoms with Gasteiger partial charge in [0.2, 0.25) is 0 Å². The van der Waals surface area contributed by atoms with Crippen molar-refractivity contribution in [3.63, 3.8) is 0 Å². The van der Waals surface area contributed by atoms with Crippen molar-refractivity contribution in [1.29, 1.82) is 0 Å². The Bertz CT molecular complexity index is 335. The summed E-state index contributed by atoms with van der Waals surface area (Å²) in [4.78, 5) is 11.4. The average molecular weight is 223 g/mol. The summed E-state index contributed by atoms with van der Waals surface area (Å²) >= 11 is 0. The molecule has 1 rings (SSSR count). The number of esters is 1. The Balaban J connectivity index is 2.47. The number of phenolic OH excluding ortho intramolecular Hbond substituents is 1. The minimum absolute atomic E-state index is 0.200. The van der Waals surface area contributed by atoms with Crippen LogP contribution in [0.3, 0.4) is 0 Å². The first-order valence-corrected chi connectivity index (χ1v) is 5.33. The number of hydrogen-bond acceptors (Lipinski definition) is 4. The molecule has 0 spiro atoms.